The van der Waals surface area contributed by atoms with Crippen molar-refractivity contribution in [3.63, 3.8) is 0 Å². The second-order valence-corrected chi connectivity index (χ2v) is 6.71. The molecule has 1 aromatic rings. The van der Waals surface area contributed by atoms with Gasteiger partial charge in [0.15, 0.2) is 5.89 Å². The van der Waals surface area contributed by atoms with Gasteiger partial charge in [0.05, 0.1) is 5.69 Å². The number of aliphatic hydroxyl groups excluding tert-OH is 1. The van der Waals surface area contributed by atoms with Gasteiger partial charge in [-0.15, -0.1) is 0 Å². The molecule has 3 rings (SSSR count). The van der Waals surface area contributed by atoms with E-state index in [2.05, 4.69) is 14.8 Å². The summed E-state index contributed by atoms with van der Waals surface area (Å²) >= 11 is 0. The number of piperidine rings is 1. The van der Waals surface area contributed by atoms with Crippen LogP contribution >= 0.6 is 0 Å². The summed E-state index contributed by atoms with van der Waals surface area (Å²) < 4.78 is 5.30. The zero-order valence-corrected chi connectivity index (χ0v) is 13.0. The van der Waals surface area contributed by atoms with Crippen molar-refractivity contribution in [2.45, 2.75) is 32.7 Å². The van der Waals surface area contributed by atoms with Gasteiger partial charge >= 0.3 is 0 Å². The Kier molecular flexibility index (Phi) is 4.93. The molecular weight excluding hydrogens is 266 g/mol. The second-order valence-electron chi connectivity index (χ2n) is 6.71. The first-order valence-corrected chi connectivity index (χ1v) is 8.19. The highest BCUT2D eigenvalue weighted by molar-refractivity contribution is 4.96. The average Bonchev–Trinajstić information content (AvgIpc) is 3.10. The Bertz CT molecular complexity index is 442. The van der Waals surface area contributed by atoms with E-state index in [1.807, 2.05) is 6.92 Å². The van der Waals surface area contributed by atoms with E-state index in [0.29, 0.717) is 18.4 Å². The molecule has 5 heteroatoms. The fraction of sp³-hybridized carbons (Fsp3) is 0.812. The number of oxazole rings is 1. The quantitative estimate of drug-likeness (QED) is 0.892. The van der Waals surface area contributed by atoms with E-state index in [-0.39, 0.29) is 0 Å². The molecule has 0 radical (unpaired) electrons. The van der Waals surface area contributed by atoms with Crippen molar-refractivity contribution < 1.29 is 9.52 Å². The smallest absolute Gasteiger partial charge is 0.191 e. The number of aryl methyl sites for hydroxylation is 1. The molecule has 0 amide bonds. The summed E-state index contributed by atoms with van der Waals surface area (Å²) in [5.74, 6) is 1.80. The summed E-state index contributed by atoms with van der Waals surface area (Å²) in [5.41, 5.74) is 1.01. The fourth-order valence-corrected chi connectivity index (χ4v) is 3.86. The van der Waals surface area contributed by atoms with E-state index >= 15 is 0 Å². The number of nitrogens with zero attached hydrogens (tertiary/aromatic N) is 3. The zero-order chi connectivity index (χ0) is 14.7. The number of aromatic nitrogens is 1. The van der Waals surface area contributed by atoms with Gasteiger partial charge in [0.1, 0.15) is 6.26 Å². The van der Waals surface area contributed by atoms with Crippen LogP contribution < -0.4 is 0 Å². The monoisotopic (exact) mass is 293 g/mol. The lowest BCUT2D eigenvalue weighted by Crippen LogP contribution is -2.44. The molecule has 3 heterocycles. The van der Waals surface area contributed by atoms with E-state index in [4.69, 9.17) is 4.42 Å². The lowest BCUT2D eigenvalue weighted by atomic mass is 9.89. The molecule has 1 aromatic heterocycles. The van der Waals surface area contributed by atoms with Crippen LogP contribution in [0.4, 0.5) is 0 Å². The molecular formula is C16H27N3O2. The highest BCUT2D eigenvalue weighted by Gasteiger charge is 2.29. The van der Waals surface area contributed by atoms with Crippen LogP contribution in [0.15, 0.2) is 10.7 Å². The van der Waals surface area contributed by atoms with Gasteiger partial charge in [-0.25, -0.2) is 4.98 Å². The Morgan fingerprint density at radius 1 is 1.24 bits per heavy atom. The van der Waals surface area contributed by atoms with Crippen molar-refractivity contribution in [3.8, 4) is 0 Å². The maximum atomic E-state index is 9.58. The molecule has 2 aliphatic heterocycles. The molecule has 0 bridgehead atoms. The maximum absolute atomic E-state index is 9.58. The van der Waals surface area contributed by atoms with Crippen LogP contribution in [0.1, 0.15) is 30.8 Å². The minimum atomic E-state index is 0.296. The third-order valence-electron chi connectivity index (χ3n) is 4.72. The minimum absolute atomic E-state index is 0.296. The van der Waals surface area contributed by atoms with Gasteiger partial charge in [-0.2, -0.15) is 0 Å². The largest absolute Gasteiger partial charge is 0.449 e. The Hall–Kier alpha value is -0.910. The van der Waals surface area contributed by atoms with Crippen LogP contribution in [0, 0.1) is 18.8 Å². The highest BCUT2D eigenvalue weighted by Crippen LogP contribution is 2.25. The molecule has 118 valence electrons. The van der Waals surface area contributed by atoms with Crippen molar-refractivity contribution in [1.29, 1.82) is 0 Å². The van der Waals surface area contributed by atoms with Gasteiger partial charge in [0, 0.05) is 39.7 Å². The van der Waals surface area contributed by atoms with Gasteiger partial charge in [0.25, 0.3) is 0 Å². The topological polar surface area (TPSA) is 52.7 Å². The van der Waals surface area contributed by atoms with Gasteiger partial charge in [-0.05, 0) is 44.2 Å². The second kappa shape index (κ2) is 6.90. The third kappa shape index (κ3) is 4.05. The van der Waals surface area contributed by atoms with Crippen molar-refractivity contribution in [3.05, 3.63) is 17.8 Å². The number of likely N-dealkylation sites (tertiary alicyclic amines) is 2. The summed E-state index contributed by atoms with van der Waals surface area (Å²) in [6.45, 7) is 8.79. The normalized spacial score (nSPS) is 28.3. The van der Waals surface area contributed by atoms with Crippen molar-refractivity contribution in [1.82, 2.24) is 14.8 Å². The van der Waals surface area contributed by atoms with Gasteiger partial charge in [0.2, 0.25) is 0 Å². The van der Waals surface area contributed by atoms with Crippen LogP contribution in [0.3, 0.4) is 0 Å². The molecule has 0 aliphatic carbocycles. The first-order chi connectivity index (χ1) is 10.2. The van der Waals surface area contributed by atoms with Crippen molar-refractivity contribution in [2.75, 3.05) is 39.3 Å². The molecule has 2 saturated heterocycles. The molecule has 21 heavy (non-hydrogen) atoms. The summed E-state index contributed by atoms with van der Waals surface area (Å²) in [6, 6.07) is 0. The van der Waals surface area contributed by atoms with Crippen LogP contribution in [0.5, 0.6) is 0 Å². The van der Waals surface area contributed by atoms with Crippen LogP contribution in [0.2, 0.25) is 0 Å². The Morgan fingerprint density at radius 3 is 2.67 bits per heavy atom. The van der Waals surface area contributed by atoms with E-state index in [9.17, 15) is 5.11 Å². The summed E-state index contributed by atoms with van der Waals surface area (Å²) in [4.78, 5) is 9.42. The summed E-state index contributed by atoms with van der Waals surface area (Å²) in [7, 11) is 0. The Balaban J connectivity index is 1.57. The zero-order valence-electron chi connectivity index (χ0n) is 13.0. The number of aliphatic hydroxyl groups is 1. The molecule has 2 atom stereocenters. The molecule has 5 nitrogen and oxygen atoms in total. The average molecular weight is 293 g/mol. The number of hydrogen-bond donors (Lipinski definition) is 1. The molecule has 0 unspecified atom stereocenters. The summed E-state index contributed by atoms with van der Waals surface area (Å²) in [6.07, 6.45) is 5.60. The molecule has 0 saturated carbocycles. The van der Waals surface area contributed by atoms with Crippen molar-refractivity contribution in [2.24, 2.45) is 11.8 Å². The van der Waals surface area contributed by atoms with E-state index in [1.54, 1.807) is 6.26 Å². The van der Waals surface area contributed by atoms with E-state index in [1.165, 1.54) is 32.5 Å². The van der Waals surface area contributed by atoms with Crippen LogP contribution in [-0.2, 0) is 6.54 Å². The number of rotatable bonds is 5. The van der Waals surface area contributed by atoms with Gasteiger partial charge in [-0.3, -0.25) is 4.90 Å². The van der Waals surface area contributed by atoms with Crippen LogP contribution in [-0.4, -0.2) is 59.2 Å². The predicted molar refractivity (Wildman–Crippen MR) is 80.9 cm³/mol. The highest BCUT2D eigenvalue weighted by atomic mass is 16.3. The third-order valence-corrected chi connectivity index (χ3v) is 4.72. The molecule has 0 spiro atoms. The van der Waals surface area contributed by atoms with Gasteiger partial charge < -0.3 is 14.4 Å². The maximum Gasteiger partial charge on any atom is 0.191 e. The Labute approximate surface area is 126 Å². The number of hydrogen-bond acceptors (Lipinski definition) is 5. The van der Waals surface area contributed by atoms with E-state index < -0.39 is 0 Å². The SMILES string of the molecule is Cc1nc(CN2C[C@H](CO)C[C@@H](CN3CCCC3)C2)co1. The fourth-order valence-electron chi connectivity index (χ4n) is 3.86. The minimum Gasteiger partial charge on any atom is -0.449 e. The molecule has 0 aromatic carbocycles. The predicted octanol–water partition coefficient (Wildman–Crippen LogP) is 1.51. The Morgan fingerprint density at radius 2 is 2.00 bits per heavy atom. The lowest BCUT2D eigenvalue weighted by molar-refractivity contribution is 0.0651. The van der Waals surface area contributed by atoms with Gasteiger partial charge in [-0.1, -0.05) is 0 Å². The molecule has 1 N–H and O–H groups in total. The standard InChI is InChI=1S/C16H27N3O2/c1-13-17-16(12-21-13)10-19-8-14(6-15(9-19)11-20)7-18-4-2-3-5-18/h12,14-15,20H,2-11H2,1H3/t14-,15+/m0/s1. The molecule has 2 fully saturated rings. The first kappa shape index (κ1) is 15.0. The van der Waals surface area contributed by atoms with Crippen LogP contribution in [0.25, 0.3) is 0 Å². The van der Waals surface area contributed by atoms with Crippen molar-refractivity contribution >= 4 is 0 Å². The van der Waals surface area contributed by atoms with E-state index in [0.717, 1.165) is 37.6 Å². The summed E-state index contributed by atoms with van der Waals surface area (Å²) in [5, 5.41) is 9.58. The first-order valence-electron chi connectivity index (χ1n) is 8.19. The molecule has 2 aliphatic rings. The lowest BCUT2D eigenvalue weighted by Gasteiger charge is -2.38.